The lowest BCUT2D eigenvalue weighted by molar-refractivity contribution is -0.121. The lowest BCUT2D eigenvalue weighted by atomic mass is 10.0. The Morgan fingerprint density at radius 1 is 1.06 bits per heavy atom. The summed E-state index contributed by atoms with van der Waals surface area (Å²) in [6.07, 6.45) is 2.83. The predicted molar refractivity (Wildman–Crippen MR) is 119 cm³/mol. The molecule has 2 aliphatic heterocycles. The first kappa shape index (κ1) is 21.2. The highest BCUT2D eigenvalue weighted by Crippen LogP contribution is 2.37. The van der Waals surface area contributed by atoms with E-state index in [4.69, 9.17) is 9.47 Å². The van der Waals surface area contributed by atoms with Crippen LogP contribution in [0.25, 0.3) is 0 Å². The van der Waals surface area contributed by atoms with Crippen molar-refractivity contribution in [3.63, 3.8) is 0 Å². The molecule has 1 fully saturated rings. The Kier molecular flexibility index (Phi) is 6.42. The number of hydrogen-bond acceptors (Lipinski definition) is 5. The van der Waals surface area contributed by atoms with Crippen molar-refractivity contribution in [1.82, 2.24) is 10.2 Å². The summed E-state index contributed by atoms with van der Waals surface area (Å²) in [5, 5.41) is 5.23. The minimum absolute atomic E-state index is 0.116. The summed E-state index contributed by atoms with van der Waals surface area (Å²) in [5.41, 5.74) is 3.88. The van der Waals surface area contributed by atoms with Crippen LogP contribution in [0.15, 0.2) is 36.4 Å². The third kappa shape index (κ3) is 4.99. The molecule has 0 aromatic heterocycles. The zero-order chi connectivity index (χ0) is 21.8. The Morgan fingerprint density at radius 2 is 1.87 bits per heavy atom. The maximum Gasteiger partial charge on any atom is 0.325 e. The van der Waals surface area contributed by atoms with Crippen molar-refractivity contribution in [3.8, 4) is 11.5 Å². The molecule has 2 aromatic rings. The number of hydrogen-bond donors (Lipinski definition) is 2. The Labute approximate surface area is 182 Å². The van der Waals surface area contributed by atoms with Crippen LogP contribution in [0.4, 0.5) is 10.5 Å². The van der Waals surface area contributed by atoms with Crippen LogP contribution in [-0.4, -0.2) is 43.1 Å². The molecule has 2 heterocycles. The van der Waals surface area contributed by atoms with Crippen molar-refractivity contribution >= 4 is 17.6 Å². The molecule has 2 aliphatic rings. The fourth-order valence-electron chi connectivity index (χ4n) is 4.17. The van der Waals surface area contributed by atoms with Gasteiger partial charge in [-0.25, -0.2) is 4.79 Å². The maximum atomic E-state index is 12.5. The van der Waals surface area contributed by atoms with Crippen molar-refractivity contribution in [1.29, 1.82) is 0 Å². The van der Waals surface area contributed by atoms with Gasteiger partial charge in [-0.15, -0.1) is 0 Å². The van der Waals surface area contributed by atoms with E-state index >= 15 is 0 Å². The molecular formula is C24H29N3O4. The molecular weight excluding hydrogens is 394 g/mol. The number of nitrogens with zero attached hydrogens (tertiary/aromatic N) is 1. The summed E-state index contributed by atoms with van der Waals surface area (Å²) in [7, 11) is 0. The molecule has 0 bridgehead atoms. The number of aryl methyl sites for hydroxylation is 1. The van der Waals surface area contributed by atoms with E-state index in [9.17, 15) is 9.59 Å². The maximum absolute atomic E-state index is 12.5. The minimum Gasteiger partial charge on any atom is -0.490 e. The van der Waals surface area contributed by atoms with Crippen LogP contribution in [0.2, 0.25) is 0 Å². The molecule has 1 saturated heterocycles. The van der Waals surface area contributed by atoms with E-state index < -0.39 is 6.03 Å². The molecule has 31 heavy (non-hydrogen) atoms. The van der Waals surface area contributed by atoms with Gasteiger partial charge in [0.15, 0.2) is 11.5 Å². The number of amides is 3. The van der Waals surface area contributed by atoms with E-state index in [1.54, 1.807) is 0 Å². The number of carbonyl (C=O) groups excluding carboxylic acids is 2. The molecule has 2 aromatic carbocycles. The van der Waals surface area contributed by atoms with Gasteiger partial charge < -0.3 is 14.8 Å². The molecule has 7 nitrogen and oxygen atoms in total. The van der Waals surface area contributed by atoms with Crippen LogP contribution in [0.1, 0.15) is 42.0 Å². The average Bonchev–Trinajstić information content (AvgIpc) is 3.06. The van der Waals surface area contributed by atoms with E-state index in [2.05, 4.69) is 15.5 Å². The highest BCUT2D eigenvalue weighted by atomic mass is 16.5. The first-order valence-electron chi connectivity index (χ1n) is 10.8. The van der Waals surface area contributed by atoms with Crippen LogP contribution >= 0.6 is 0 Å². The molecule has 0 spiro atoms. The summed E-state index contributed by atoms with van der Waals surface area (Å²) < 4.78 is 11.5. The summed E-state index contributed by atoms with van der Waals surface area (Å²) in [6.45, 7) is 6.20. The monoisotopic (exact) mass is 423 g/mol. The van der Waals surface area contributed by atoms with E-state index in [1.807, 2.05) is 50.2 Å². The van der Waals surface area contributed by atoms with Gasteiger partial charge in [-0.2, -0.15) is 0 Å². The molecule has 0 saturated carbocycles. The first-order valence-corrected chi connectivity index (χ1v) is 10.8. The SMILES string of the molecule is Cc1cccc(NC(=O)NC(=O)CN2CCCC2c2ccc3c(c2)OCCCO3)c1C. The lowest BCUT2D eigenvalue weighted by Gasteiger charge is -2.24. The second-order valence-electron chi connectivity index (χ2n) is 8.13. The molecule has 3 amide bonds. The molecule has 4 rings (SSSR count). The van der Waals surface area contributed by atoms with Gasteiger partial charge in [0, 0.05) is 18.2 Å². The largest absolute Gasteiger partial charge is 0.490 e. The van der Waals surface area contributed by atoms with Gasteiger partial charge in [0.25, 0.3) is 0 Å². The molecule has 0 aliphatic carbocycles. The van der Waals surface area contributed by atoms with Crippen molar-refractivity contribution < 1.29 is 19.1 Å². The Hall–Kier alpha value is -3.06. The van der Waals surface area contributed by atoms with Crippen molar-refractivity contribution in [2.24, 2.45) is 0 Å². The molecule has 164 valence electrons. The quantitative estimate of drug-likeness (QED) is 0.778. The van der Waals surface area contributed by atoms with Gasteiger partial charge >= 0.3 is 6.03 Å². The number of anilines is 1. The Balaban J connectivity index is 1.37. The first-order chi connectivity index (χ1) is 15.0. The zero-order valence-corrected chi connectivity index (χ0v) is 18.1. The lowest BCUT2D eigenvalue weighted by Crippen LogP contribution is -2.41. The van der Waals surface area contributed by atoms with Crippen molar-refractivity contribution in [3.05, 3.63) is 53.1 Å². The smallest absolute Gasteiger partial charge is 0.325 e. The van der Waals surface area contributed by atoms with Crippen LogP contribution < -0.4 is 20.1 Å². The van der Waals surface area contributed by atoms with E-state index in [0.717, 1.165) is 54.0 Å². The highest BCUT2D eigenvalue weighted by molar-refractivity contribution is 6.02. The topological polar surface area (TPSA) is 79.9 Å². The predicted octanol–water partition coefficient (Wildman–Crippen LogP) is 3.95. The molecule has 2 N–H and O–H groups in total. The number of carbonyl (C=O) groups is 2. The number of benzene rings is 2. The number of fused-ring (bicyclic) bond motifs is 1. The second kappa shape index (κ2) is 9.39. The highest BCUT2D eigenvalue weighted by Gasteiger charge is 2.29. The van der Waals surface area contributed by atoms with Gasteiger partial charge in [-0.1, -0.05) is 18.2 Å². The van der Waals surface area contributed by atoms with E-state index in [0.29, 0.717) is 18.9 Å². The van der Waals surface area contributed by atoms with Crippen LogP contribution in [0.3, 0.4) is 0 Å². The number of imide groups is 1. The summed E-state index contributed by atoms with van der Waals surface area (Å²) >= 11 is 0. The molecule has 1 atom stereocenters. The Bertz CT molecular complexity index is 975. The fraction of sp³-hybridized carbons (Fsp3) is 0.417. The van der Waals surface area contributed by atoms with Gasteiger partial charge in [0.05, 0.1) is 19.8 Å². The average molecular weight is 424 g/mol. The Morgan fingerprint density at radius 3 is 2.71 bits per heavy atom. The molecule has 7 heteroatoms. The molecule has 1 unspecified atom stereocenters. The summed E-state index contributed by atoms with van der Waals surface area (Å²) in [6, 6.07) is 11.3. The summed E-state index contributed by atoms with van der Waals surface area (Å²) in [5.74, 6) is 1.22. The number of rotatable bonds is 4. The van der Waals surface area contributed by atoms with Gasteiger partial charge in [-0.3, -0.25) is 15.0 Å². The van der Waals surface area contributed by atoms with E-state index in [1.165, 1.54) is 0 Å². The third-order valence-electron chi connectivity index (χ3n) is 5.97. The summed E-state index contributed by atoms with van der Waals surface area (Å²) in [4.78, 5) is 27.0. The fourth-order valence-corrected chi connectivity index (χ4v) is 4.17. The number of urea groups is 1. The number of nitrogens with one attached hydrogen (secondary N) is 2. The number of likely N-dealkylation sites (tertiary alicyclic amines) is 1. The van der Waals surface area contributed by atoms with Crippen molar-refractivity contribution in [2.75, 3.05) is 31.6 Å². The van der Waals surface area contributed by atoms with Crippen LogP contribution in [0, 0.1) is 13.8 Å². The molecule has 0 radical (unpaired) electrons. The minimum atomic E-state index is -0.509. The van der Waals surface area contributed by atoms with Crippen LogP contribution in [0.5, 0.6) is 11.5 Å². The van der Waals surface area contributed by atoms with Gasteiger partial charge in [0.1, 0.15) is 0 Å². The van der Waals surface area contributed by atoms with Gasteiger partial charge in [0.2, 0.25) is 5.91 Å². The zero-order valence-electron chi connectivity index (χ0n) is 18.1. The number of ether oxygens (including phenoxy) is 2. The van der Waals surface area contributed by atoms with Crippen LogP contribution in [-0.2, 0) is 4.79 Å². The third-order valence-corrected chi connectivity index (χ3v) is 5.97. The normalized spacial score (nSPS) is 18.3. The van der Waals surface area contributed by atoms with E-state index in [-0.39, 0.29) is 18.5 Å². The van der Waals surface area contributed by atoms with Crippen molar-refractivity contribution in [2.45, 2.75) is 39.2 Å². The van der Waals surface area contributed by atoms with Gasteiger partial charge in [-0.05, 0) is 68.1 Å². The standard InChI is InChI=1S/C24H29N3O4/c1-16-6-3-7-19(17(16)2)25-24(29)26-23(28)15-27-11-4-8-20(27)18-9-10-21-22(14-18)31-13-5-12-30-21/h3,6-7,9-10,14,20H,4-5,8,11-13,15H2,1-2H3,(H2,25,26,28,29). The second-order valence-corrected chi connectivity index (χ2v) is 8.13.